The molecule has 1 fully saturated rings. The van der Waals surface area contributed by atoms with E-state index in [0.717, 1.165) is 18.7 Å². The minimum Gasteiger partial charge on any atom is -0.476 e. The van der Waals surface area contributed by atoms with Crippen LogP contribution in [0.2, 0.25) is 0 Å². The number of para-hydroxylation sites is 2. The Hall–Kier alpha value is -3.02. The average molecular weight is 408 g/mol. The Labute approximate surface area is 178 Å². The molecule has 0 unspecified atom stereocenters. The molecule has 0 aromatic heterocycles. The first-order valence-electron chi connectivity index (χ1n) is 10.7. The fourth-order valence-electron chi connectivity index (χ4n) is 4.22. The SMILES string of the molecule is CC(=O)N1C[C@H](C(=O)N(C)Cc2ccc(N3CCCCC3)cc2)Oc2ccccc21. The lowest BCUT2D eigenvalue weighted by Gasteiger charge is -2.35. The van der Waals surface area contributed by atoms with E-state index in [-0.39, 0.29) is 18.4 Å². The minimum atomic E-state index is -0.707. The van der Waals surface area contributed by atoms with Crippen molar-refractivity contribution in [2.75, 3.05) is 36.5 Å². The Morgan fingerprint density at radius 1 is 1.03 bits per heavy atom. The zero-order chi connectivity index (χ0) is 21.1. The molecular formula is C24H29N3O3. The minimum absolute atomic E-state index is 0.0977. The molecule has 4 rings (SSSR count). The van der Waals surface area contributed by atoms with Gasteiger partial charge in [0.05, 0.1) is 12.2 Å². The predicted molar refractivity (Wildman–Crippen MR) is 118 cm³/mol. The van der Waals surface area contributed by atoms with Gasteiger partial charge in [-0.15, -0.1) is 0 Å². The van der Waals surface area contributed by atoms with E-state index in [4.69, 9.17) is 4.74 Å². The highest BCUT2D eigenvalue weighted by atomic mass is 16.5. The first-order valence-corrected chi connectivity index (χ1v) is 10.7. The van der Waals surface area contributed by atoms with Gasteiger partial charge in [0.15, 0.2) is 6.10 Å². The van der Waals surface area contributed by atoms with Crippen LogP contribution >= 0.6 is 0 Å². The first kappa shape index (κ1) is 20.3. The largest absolute Gasteiger partial charge is 0.476 e. The summed E-state index contributed by atoms with van der Waals surface area (Å²) in [7, 11) is 1.78. The third-order valence-electron chi connectivity index (χ3n) is 5.88. The van der Waals surface area contributed by atoms with Gasteiger partial charge in [0.1, 0.15) is 5.75 Å². The van der Waals surface area contributed by atoms with E-state index in [0.29, 0.717) is 18.0 Å². The number of piperidine rings is 1. The summed E-state index contributed by atoms with van der Waals surface area (Å²) in [5.74, 6) is 0.340. The van der Waals surface area contributed by atoms with Crippen LogP contribution in [0.3, 0.4) is 0 Å². The molecule has 6 nitrogen and oxygen atoms in total. The van der Waals surface area contributed by atoms with Crippen LogP contribution in [0.4, 0.5) is 11.4 Å². The number of benzene rings is 2. The molecule has 2 heterocycles. The average Bonchev–Trinajstić information content (AvgIpc) is 2.78. The van der Waals surface area contributed by atoms with E-state index in [1.54, 1.807) is 22.9 Å². The van der Waals surface area contributed by atoms with Crippen LogP contribution in [0.15, 0.2) is 48.5 Å². The summed E-state index contributed by atoms with van der Waals surface area (Å²) in [6.07, 6.45) is 3.11. The van der Waals surface area contributed by atoms with Gasteiger partial charge in [0.25, 0.3) is 5.91 Å². The van der Waals surface area contributed by atoms with Crippen LogP contribution in [-0.2, 0) is 16.1 Å². The number of rotatable bonds is 4. The number of carbonyl (C=O) groups is 2. The van der Waals surface area contributed by atoms with Gasteiger partial charge in [-0.2, -0.15) is 0 Å². The van der Waals surface area contributed by atoms with Gasteiger partial charge in [-0.3, -0.25) is 9.59 Å². The number of amides is 2. The van der Waals surface area contributed by atoms with Gasteiger partial charge in [0.2, 0.25) is 5.91 Å². The Bertz CT molecular complexity index is 906. The summed E-state index contributed by atoms with van der Waals surface area (Å²) in [6.45, 7) is 4.47. The van der Waals surface area contributed by atoms with Crippen molar-refractivity contribution in [1.82, 2.24) is 4.90 Å². The standard InChI is InChI=1S/C24H29N3O3/c1-18(28)27-17-23(30-22-9-5-4-8-21(22)27)24(29)25(2)16-19-10-12-20(13-11-19)26-14-6-3-7-15-26/h4-5,8-13,23H,3,6-7,14-17H2,1-2H3/t23-/m1/s1. The van der Waals surface area contributed by atoms with E-state index in [2.05, 4.69) is 29.2 Å². The Morgan fingerprint density at radius 3 is 2.43 bits per heavy atom. The van der Waals surface area contributed by atoms with Crippen molar-refractivity contribution < 1.29 is 14.3 Å². The highest BCUT2D eigenvalue weighted by molar-refractivity contribution is 5.95. The van der Waals surface area contributed by atoms with E-state index in [1.165, 1.54) is 31.9 Å². The van der Waals surface area contributed by atoms with Crippen molar-refractivity contribution in [2.45, 2.75) is 38.8 Å². The lowest BCUT2D eigenvalue weighted by Crippen LogP contribution is -2.50. The lowest BCUT2D eigenvalue weighted by atomic mass is 10.1. The van der Waals surface area contributed by atoms with Gasteiger partial charge in [0, 0.05) is 39.3 Å². The molecule has 1 atom stereocenters. The topological polar surface area (TPSA) is 53.1 Å². The molecule has 0 aliphatic carbocycles. The monoisotopic (exact) mass is 407 g/mol. The molecule has 0 N–H and O–H groups in total. The summed E-state index contributed by atoms with van der Waals surface area (Å²) in [4.78, 5) is 30.9. The molecule has 0 bridgehead atoms. The first-order chi connectivity index (χ1) is 14.5. The molecular weight excluding hydrogens is 378 g/mol. The summed E-state index contributed by atoms with van der Waals surface area (Å²) in [5, 5.41) is 0. The van der Waals surface area contributed by atoms with Gasteiger partial charge in [-0.25, -0.2) is 0 Å². The number of carbonyl (C=O) groups excluding carboxylic acids is 2. The summed E-state index contributed by atoms with van der Waals surface area (Å²) < 4.78 is 5.94. The van der Waals surface area contributed by atoms with Gasteiger partial charge >= 0.3 is 0 Å². The zero-order valence-corrected chi connectivity index (χ0v) is 17.7. The molecule has 6 heteroatoms. The fourth-order valence-corrected chi connectivity index (χ4v) is 4.22. The maximum absolute atomic E-state index is 13.0. The number of ether oxygens (including phenoxy) is 1. The van der Waals surface area contributed by atoms with E-state index < -0.39 is 6.10 Å². The number of hydrogen-bond acceptors (Lipinski definition) is 4. The Balaban J connectivity index is 1.42. The van der Waals surface area contributed by atoms with Crippen molar-refractivity contribution in [2.24, 2.45) is 0 Å². The lowest BCUT2D eigenvalue weighted by molar-refractivity contribution is -0.138. The summed E-state index contributed by atoms with van der Waals surface area (Å²) in [5.41, 5.74) is 3.04. The van der Waals surface area contributed by atoms with Gasteiger partial charge in [-0.1, -0.05) is 24.3 Å². The van der Waals surface area contributed by atoms with E-state index in [1.807, 2.05) is 18.2 Å². The zero-order valence-electron chi connectivity index (χ0n) is 17.7. The van der Waals surface area contributed by atoms with Crippen molar-refractivity contribution in [3.8, 4) is 5.75 Å². The summed E-state index contributed by atoms with van der Waals surface area (Å²) in [6, 6.07) is 15.8. The molecule has 158 valence electrons. The normalized spacial score (nSPS) is 18.4. The third-order valence-corrected chi connectivity index (χ3v) is 5.88. The van der Waals surface area contributed by atoms with E-state index in [9.17, 15) is 9.59 Å². The van der Waals surface area contributed by atoms with Crippen molar-refractivity contribution in [3.63, 3.8) is 0 Å². The maximum atomic E-state index is 13.0. The number of hydrogen-bond donors (Lipinski definition) is 0. The van der Waals surface area contributed by atoms with Crippen LogP contribution in [0.25, 0.3) is 0 Å². The fraction of sp³-hybridized carbons (Fsp3) is 0.417. The molecule has 2 aliphatic rings. The second-order valence-corrected chi connectivity index (χ2v) is 8.11. The highest BCUT2D eigenvalue weighted by Gasteiger charge is 2.34. The smallest absolute Gasteiger partial charge is 0.265 e. The molecule has 2 aliphatic heterocycles. The van der Waals surface area contributed by atoms with Crippen molar-refractivity contribution >= 4 is 23.2 Å². The summed E-state index contributed by atoms with van der Waals surface area (Å²) >= 11 is 0. The Kier molecular flexibility index (Phi) is 5.93. The number of likely N-dealkylation sites (N-methyl/N-ethyl adjacent to an activating group) is 1. The quantitative estimate of drug-likeness (QED) is 0.779. The molecule has 0 radical (unpaired) electrons. The molecule has 1 saturated heterocycles. The van der Waals surface area contributed by atoms with Gasteiger partial charge in [-0.05, 0) is 49.1 Å². The number of nitrogens with zero attached hydrogens (tertiary/aromatic N) is 3. The van der Waals surface area contributed by atoms with Crippen LogP contribution < -0.4 is 14.5 Å². The molecule has 2 amide bonds. The maximum Gasteiger partial charge on any atom is 0.265 e. The van der Waals surface area contributed by atoms with Crippen LogP contribution in [-0.4, -0.2) is 49.5 Å². The second kappa shape index (κ2) is 8.78. The molecule has 0 spiro atoms. The van der Waals surface area contributed by atoms with Crippen LogP contribution in [0.5, 0.6) is 5.75 Å². The van der Waals surface area contributed by atoms with Crippen LogP contribution in [0, 0.1) is 0 Å². The Morgan fingerprint density at radius 2 is 1.73 bits per heavy atom. The molecule has 2 aromatic rings. The third kappa shape index (κ3) is 4.27. The number of fused-ring (bicyclic) bond motifs is 1. The highest BCUT2D eigenvalue weighted by Crippen LogP contribution is 2.33. The van der Waals surface area contributed by atoms with Crippen molar-refractivity contribution in [3.05, 3.63) is 54.1 Å². The molecule has 2 aromatic carbocycles. The van der Waals surface area contributed by atoms with Crippen molar-refractivity contribution in [1.29, 1.82) is 0 Å². The predicted octanol–water partition coefficient (Wildman–Crippen LogP) is 3.45. The van der Waals surface area contributed by atoms with Crippen LogP contribution in [0.1, 0.15) is 31.7 Å². The van der Waals surface area contributed by atoms with Gasteiger partial charge < -0.3 is 19.4 Å². The molecule has 0 saturated carbocycles. The second-order valence-electron chi connectivity index (χ2n) is 8.11. The number of anilines is 2. The van der Waals surface area contributed by atoms with E-state index >= 15 is 0 Å². The molecule has 30 heavy (non-hydrogen) atoms.